The van der Waals surface area contributed by atoms with Gasteiger partial charge in [-0.2, -0.15) is 13.2 Å². The number of amides is 1. The van der Waals surface area contributed by atoms with Gasteiger partial charge in [0.2, 0.25) is 0 Å². The molecule has 0 bridgehead atoms. The van der Waals surface area contributed by atoms with Crippen molar-refractivity contribution in [3.8, 4) is 0 Å². The Morgan fingerprint density at radius 2 is 2.00 bits per heavy atom. The van der Waals surface area contributed by atoms with Gasteiger partial charge in [-0.25, -0.2) is 0 Å². The Bertz CT molecular complexity index is 522. The second-order valence-electron chi connectivity index (χ2n) is 5.30. The van der Waals surface area contributed by atoms with Gasteiger partial charge in [-0.15, -0.1) is 0 Å². The van der Waals surface area contributed by atoms with Gasteiger partial charge in [-0.05, 0) is 44.9 Å². The molecule has 0 atom stereocenters. The highest BCUT2D eigenvalue weighted by atomic mass is 19.4. The maximum Gasteiger partial charge on any atom is 0.418 e. The van der Waals surface area contributed by atoms with Crippen molar-refractivity contribution in [2.24, 2.45) is 0 Å². The van der Waals surface area contributed by atoms with Crippen LogP contribution < -0.4 is 10.6 Å². The number of halogens is 3. The quantitative estimate of drug-likeness (QED) is 0.890. The third-order valence-corrected chi connectivity index (χ3v) is 3.37. The molecule has 1 fully saturated rings. The molecule has 6 heteroatoms. The number of rotatable bonds is 4. The number of carbonyl (C=O) groups is 1. The highest BCUT2D eigenvalue weighted by molar-refractivity contribution is 5.95. The van der Waals surface area contributed by atoms with Crippen molar-refractivity contribution < 1.29 is 18.0 Å². The van der Waals surface area contributed by atoms with E-state index in [0.717, 1.165) is 18.9 Å². The minimum absolute atomic E-state index is 0.00539. The number of carbonyl (C=O) groups excluding carboxylic acids is 1. The standard InChI is InChI=1S/C14H17F3N2O/c1-3-18-11-5-4-9(8-10(11)14(15,16)17)12(20)19-13(2)6-7-13/h4-5,8,18H,3,6-7H2,1-2H3,(H,19,20). The molecule has 0 heterocycles. The first kappa shape index (κ1) is 14.7. The van der Waals surface area contributed by atoms with Crippen molar-refractivity contribution in [1.29, 1.82) is 0 Å². The zero-order valence-electron chi connectivity index (χ0n) is 11.4. The van der Waals surface area contributed by atoms with Gasteiger partial charge in [-0.3, -0.25) is 4.79 Å². The lowest BCUT2D eigenvalue weighted by atomic mass is 10.1. The van der Waals surface area contributed by atoms with Gasteiger partial charge in [-0.1, -0.05) is 0 Å². The Hall–Kier alpha value is -1.72. The molecule has 1 aromatic carbocycles. The van der Waals surface area contributed by atoms with Gasteiger partial charge in [0.25, 0.3) is 5.91 Å². The van der Waals surface area contributed by atoms with Gasteiger partial charge in [0.05, 0.1) is 5.56 Å². The number of anilines is 1. The van der Waals surface area contributed by atoms with E-state index in [9.17, 15) is 18.0 Å². The fourth-order valence-corrected chi connectivity index (χ4v) is 1.92. The number of nitrogens with one attached hydrogen (secondary N) is 2. The summed E-state index contributed by atoms with van der Waals surface area (Å²) in [7, 11) is 0. The molecule has 1 aromatic rings. The molecular weight excluding hydrogens is 269 g/mol. The fraction of sp³-hybridized carbons (Fsp3) is 0.500. The van der Waals surface area contributed by atoms with Crippen molar-refractivity contribution in [2.75, 3.05) is 11.9 Å². The molecule has 1 aliphatic carbocycles. The molecule has 0 saturated heterocycles. The smallest absolute Gasteiger partial charge is 0.385 e. The molecule has 1 aliphatic rings. The average molecular weight is 286 g/mol. The van der Waals surface area contributed by atoms with Crippen LogP contribution in [0.25, 0.3) is 0 Å². The first-order valence-electron chi connectivity index (χ1n) is 6.53. The first-order chi connectivity index (χ1) is 9.25. The first-order valence-corrected chi connectivity index (χ1v) is 6.53. The van der Waals surface area contributed by atoms with E-state index in [1.54, 1.807) is 6.92 Å². The van der Waals surface area contributed by atoms with E-state index in [2.05, 4.69) is 10.6 Å². The monoisotopic (exact) mass is 286 g/mol. The third-order valence-electron chi connectivity index (χ3n) is 3.37. The summed E-state index contributed by atoms with van der Waals surface area (Å²) in [5.74, 6) is -0.460. The molecule has 2 N–H and O–H groups in total. The lowest BCUT2D eigenvalue weighted by molar-refractivity contribution is -0.137. The van der Waals surface area contributed by atoms with Crippen molar-refractivity contribution in [3.05, 3.63) is 29.3 Å². The summed E-state index contributed by atoms with van der Waals surface area (Å²) in [4.78, 5) is 11.9. The lowest BCUT2D eigenvalue weighted by Crippen LogP contribution is -2.34. The maximum absolute atomic E-state index is 13.0. The Kier molecular flexibility index (Phi) is 3.67. The Morgan fingerprint density at radius 1 is 1.35 bits per heavy atom. The largest absolute Gasteiger partial charge is 0.418 e. The van der Waals surface area contributed by atoms with Crippen LogP contribution in [0.5, 0.6) is 0 Å². The van der Waals surface area contributed by atoms with Crippen LogP contribution in [0.1, 0.15) is 42.6 Å². The van der Waals surface area contributed by atoms with Crippen LogP contribution in [-0.2, 0) is 6.18 Å². The predicted molar refractivity (Wildman–Crippen MR) is 70.7 cm³/mol. The van der Waals surface area contributed by atoms with Gasteiger partial charge in [0.1, 0.15) is 0 Å². The van der Waals surface area contributed by atoms with E-state index in [4.69, 9.17) is 0 Å². The van der Waals surface area contributed by atoms with Crippen LogP contribution in [0.2, 0.25) is 0 Å². The number of alkyl halides is 3. The molecule has 1 amide bonds. The number of hydrogen-bond donors (Lipinski definition) is 2. The normalized spacial score (nSPS) is 16.6. The third kappa shape index (κ3) is 3.23. The van der Waals surface area contributed by atoms with Gasteiger partial charge >= 0.3 is 6.18 Å². The zero-order chi connectivity index (χ0) is 15.0. The predicted octanol–water partition coefficient (Wildman–Crippen LogP) is 3.42. The Morgan fingerprint density at radius 3 is 2.50 bits per heavy atom. The topological polar surface area (TPSA) is 41.1 Å². The summed E-state index contributed by atoms with van der Waals surface area (Å²) in [6, 6.07) is 3.61. The van der Waals surface area contributed by atoms with Gasteiger partial charge in [0, 0.05) is 23.3 Å². The van der Waals surface area contributed by atoms with Gasteiger partial charge in [0.15, 0.2) is 0 Å². The highest BCUT2D eigenvalue weighted by Crippen LogP contribution is 2.37. The summed E-state index contributed by atoms with van der Waals surface area (Å²) in [5.41, 5.74) is -1.04. The molecular formula is C14H17F3N2O. The fourth-order valence-electron chi connectivity index (χ4n) is 1.92. The molecule has 3 nitrogen and oxygen atoms in total. The molecule has 20 heavy (non-hydrogen) atoms. The van der Waals surface area contributed by atoms with E-state index >= 15 is 0 Å². The minimum Gasteiger partial charge on any atom is -0.385 e. The number of hydrogen-bond acceptors (Lipinski definition) is 2. The van der Waals surface area contributed by atoms with E-state index in [1.807, 2.05) is 6.92 Å². The van der Waals surface area contributed by atoms with Crippen LogP contribution in [0.4, 0.5) is 18.9 Å². The number of benzene rings is 1. The summed E-state index contributed by atoms with van der Waals surface area (Å²) in [6.07, 6.45) is -2.77. The maximum atomic E-state index is 13.0. The SMILES string of the molecule is CCNc1ccc(C(=O)NC2(C)CC2)cc1C(F)(F)F. The summed E-state index contributed by atoms with van der Waals surface area (Å²) in [6.45, 7) is 3.98. The molecule has 0 aromatic heterocycles. The average Bonchev–Trinajstić information content (AvgIpc) is 3.06. The second kappa shape index (κ2) is 5.00. The second-order valence-corrected chi connectivity index (χ2v) is 5.30. The van der Waals surface area contributed by atoms with Crippen molar-refractivity contribution >= 4 is 11.6 Å². The lowest BCUT2D eigenvalue weighted by Gasteiger charge is -2.16. The van der Waals surface area contributed by atoms with E-state index < -0.39 is 17.6 Å². The molecule has 110 valence electrons. The summed E-state index contributed by atoms with van der Waals surface area (Å²) < 4.78 is 39.0. The van der Waals surface area contributed by atoms with Crippen molar-refractivity contribution in [1.82, 2.24) is 5.32 Å². The summed E-state index contributed by atoms with van der Waals surface area (Å²) >= 11 is 0. The van der Waals surface area contributed by atoms with Crippen LogP contribution in [-0.4, -0.2) is 18.0 Å². The molecule has 0 spiro atoms. The summed E-state index contributed by atoms with van der Waals surface area (Å²) in [5, 5.41) is 5.41. The molecule has 0 radical (unpaired) electrons. The highest BCUT2D eigenvalue weighted by Gasteiger charge is 2.39. The van der Waals surface area contributed by atoms with Crippen molar-refractivity contribution in [2.45, 2.75) is 38.4 Å². The van der Waals surface area contributed by atoms with Crippen LogP contribution >= 0.6 is 0 Å². The van der Waals surface area contributed by atoms with E-state index in [0.29, 0.717) is 6.54 Å². The Balaban J connectivity index is 2.29. The van der Waals surface area contributed by atoms with Crippen LogP contribution in [0.3, 0.4) is 0 Å². The molecule has 2 rings (SSSR count). The van der Waals surface area contributed by atoms with Crippen molar-refractivity contribution in [3.63, 3.8) is 0 Å². The molecule has 0 aliphatic heterocycles. The molecule has 0 unspecified atom stereocenters. The van der Waals surface area contributed by atoms with Crippen LogP contribution in [0.15, 0.2) is 18.2 Å². The Labute approximate surface area is 115 Å². The van der Waals surface area contributed by atoms with Crippen LogP contribution in [0, 0.1) is 0 Å². The minimum atomic E-state index is -4.49. The molecule has 1 saturated carbocycles. The van der Waals surface area contributed by atoms with E-state index in [1.165, 1.54) is 12.1 Å². The zero-order valence-corrected chi connectivity index (χ0v) is 11.4. The van der Waals surface area contributed by atoms with E-state index in [-0.39, 0.29) is 16.8 Å². The van der Waals surface area contributed by atoms with Gasteiger partial charge < -0.3 is 10.6 Å².